The summed E-state index contributed by atoms with van der Waals surface area (Å²) < 4.78 is 125. The zero-order valence-electron chi connectivity index (χ0n) is 64.0. The molecule has 6 heterocycles. The van der Waals surface area contributed by atoms with Gasteiger partial charge in [-0.1, -0.05) is 26.7 Å². The van der Waals surface area contributed by atoms with Crippen molar-refractivity contribution in [1.82, 2.24) is 20.0 Å². The van der Waals surface area contributed by atoms with Crippen molar-refractivity contribution < 1.29 is 158 Å². The molecule has 0 aromatic carbocycles. The third-order valence-electron chi connectivity index (χ3n) is 20.4. The Hall–Kier alpha value is -2.47. The van der Waals surface area contributed by atoms with Crippen LogP contribution < -0.4 is 5.32 Å². The van der Waals surface area contributed by atoms with Gasteiger partial charge in [0.1, 0.15) is 48.8 Å². The van der Waals surface area contributed by atoms with Crippen LogP contribution in [-0.4, -0.2) is 338 Å². The molecule has 6 saturated heterocycles. The molecule has 6 fully saturated rings. The number of piperidine rings is 3. The highest BCUT2D eigenvalue weighted by Gasteiger charge is 2.47. The molecule has 0 saturated carbocycles. The number of phosphoric ester groups is 2. The van der Waals surface area contributed by atoms with E-state index < -0.39 is 164 Å². The van der Waals surface area contributed by atoms with E-state index in [0.29, 0.717) is 122 Å². The molecule has 0 bridgehead atoms. The van der Waals surface area contributed by atoms with Crippen LogP contribution in [0.4, 0.5) is 0 Å². The maximum absolute atomic E-state index is 13.5. The molecule has 0 spiro atoms. The van der Waals surface area contributed by atoms with Crippen molar-refractivity contribution in [2.45, 2.75) is 254 Å². The number of hydrogen-bond acceptors (Lipinski definition) is 31. The molecule has 109 heavy (non-hydrogen) atoms. The van der Waals surface area contributed by atoms with Crippen LogP contribution in [0.15, 0.2) is 0 Å². The first-order valence-corrected chi connectivity index (χ1v) is 43.6. The molecule has 0 radical (unpaired) electrons. The van der Waals surface area contributed by atoms with Crippen molar-refractivity contribution in [3.05, 3.63) is 0 Å². The maximum Gasteiger partial charge on any atom is 0.472 e. The topological polar surface area (TPSA) is 502 Å². The molecule has 19 atom stereocenters. The molecule has 6 rings (SSSR count). The summed E-state index contributed by atoms with van der Waals surface area (Å²) in [5.41, 5.74) is -0.727. The molecular formula is C69H127N4O33P3. The average Bonchev–Trinajstić information content (AvgIpc) is 0.817. The fraction of sp³-hybridized carbons (Fsp3) is 0.942. The van der Waals surface area contributed by atoms with Gasteiger partial charge in [-0.25, -0.2) is 9.13 Å². The number of carbonyl (C=O) groups excluding carboxylic acids is 4. The zero-order chi connectivity index (χ0) is 79.7. The van der Waals surface area contributed by atoms with Crippen molar-refractivity contribution in [2.24, 2.45) is 17.3 Å². The molecule has 10 unspecified atom stereocenters. The standard InChI is InChI=1S/C69H127N4O33P3/c1-47-60(81)62(83)53(41-74)101-66(47)95-35-12-7-17-56(78)71-27-20-50(21-28-71)104-107(5,87)98-39-15-33-93-45-69(44-92-4,26-10-6-11-38-99-108(88,89)105-51-22-29-72(30-23-51)57(79)18-8-13-36-96-67-48(2)61(82)63(84)54(42-75)102-67)46-94-34-16-40-100-109(90,91)106-52-24-31-73(32-25-52)58(80)19-9-14-37-97-68-59(70-49(3)77)65(86)64(85)55(43-76)103-68/h47-48,50-55,59-68,74-76,81-86H,6-46H2,1-5H3,(H,70,77)(H,88,89)(H,90,91)/t47?,48?,53?,54?,55?,59?,60-,61-,62+,63+,64+,65-,66-,67-,68-,69?,107?/m1/s1. The number of rotatable bonds is 51. The molecule has 0 aliphatic carbocycles. The number of ether oxygens (including phenoxy) is 9. The smallest absolute Gasteiger partial charge is 0.394 e. The van der Waals surface area contributed by atoms with E-state index >= 15 is 0 Å². The van der Waals surface area contributed by atoms with Gasteiger partial charge in [-0.3, -0.25) is 41.8 Å². The lowest BCUT2D eigenvalue weighted by Crippen LogP contribution is -2.64. The Kier molecular flexibility index (Phi) is 42.8. The second kappa shape index (κ2) is 48.9. The van der Waals surface area contributed by atoms with Crippen molar-refractivity contribution >= 4 is 46.9 Å². The monoisotopic (exact) mass is 1630 g/mol. The maximum atomic E-state index is 13.5. The van der Waals surface area contributed by atoms with Gasteiger partial charge >= 0.3 is 23.2 Å². The Bertz CT molecular complexity index is 2660. The normalized spacial score (nSPS) is 30.0. The first-order valence-electron chi connectivity index (χ1n) is 38.6. The first kappa shape index (κ1) is 95.4. The fourth-order valence-electron chi connectivity index (χ4n) is 13.9. The lowest BCUT2D eigenvalue weighted by Gasteiger charge is -2.42. The highest BCUT2D eigenvalue weighted by Crippen LogP contribution is 2.49. The van der Waals surface area contributed by atoms with E-state index in [9.17, 15) is 88.6 Å². The summed E-state index contributed by atoms with van der Waals surface area (Å²) in [6.45, 7) is 7.67. The minimum atomic E-state index is -4.53. The number of nitrogens with one attached hydrogen (secondary N) is 1. The van der Waals surface area contributed by atoms with Gasteiger partial charge < -0.3 is 127 Å². The summed E-state index contributed by atoms with van der Waals surface area (Å²) in [7, 11) is -11.0. The second-order valence-electron chi connectivity index (χ2n) is 29.4. The van der Waals surface area contributed by atoms with E-state index in [1.54, 1.807) is 35.7 Å². The number of nitrogens with zero attached hydrogens (tertiary/aromatic N) is 3. The summed E-state index contributed by atoms with van der Waals surface area (Å²) in [5, 5.41) is 92.6. The lowest BCUT2D eigenvalue weighted by atomic mass is 9.84. The fourth-order valence-corrected chi connectivity index (χ4v) is 17.2. The number of aliphatic hydroxyl groups excluding tert-OH is 9. The molecule has 0 aromatic heterocycles. The molecule has 12 N–H and O–H groups in total. The van der Waals surface area contributed by atoms with Crippen LogP contribution in [0.5, 0.6) is 0 Å². The number of phosphoric acid groups is 2. The largest absolute Gasteiger partial charge is 0.472 e. The summed E-state index contributed by atoms with van der Waals surface area (Å²) >= 11 is 0. The molecule has 6 aliphatic rings. The highest BCUT2D eigenvalue weighted by molar-refractivity contribution is 7.53. The lowest BCUT2D eigenvalue weighted by molar-refractivity contribution is -0.282. The third kappa shape index (κ3) is 32.9. The highest BCUT2D eigenvalue weighted by atomic mass is 31.2. The Labute approximate surface area is 639 Å². The van der Waals surface area contributed by atoms with Crippen molar-refractivity contribution in [1.29, 1.82) is 0 Å². The average molecular weight is 1630 g/mol. The molecule has 40 heteroatoms. The predicted molar refractivity (Wildman–Crippen MR) is 385 cm³/mol. The number of amides is 4. The molecular weight excluding hydrogens is 1510 g/mol. The van der Waals surface area contributed by atoms with Crippen LogP contribution in [0.25, 0.3) is 0 Å². The van der Waals surface area contributed by atoms with E-state index in [2.05, 4.69) is 5.32 Å². The Balaban J connectivity index is 0.883. The van der Waals surface area contributed by atoms with Gasteiger partial charge in [0.2, 0.25) is 23.6 Å². The Morgan fingerprint density at radius 2 is 0.807 bits per heavy atom. The predicted octanol–water partition coefficient (Wildman–Crippen LogP) is 1.74. The van der Waals surface area contributed by atoms with E-state index in [4.69, 9.17) is 69.8 Å². The van der Waals surface area contributed by atoms with Crippen LogP contribution in [0.3, 0.4) is 0 Å². The van der Waals surface area contributed by atoms with Gasteiger partial charge in [-0.05, 0) is 103 Å². The Morgan fingerprint density at radius 3 is 1.20 bits per heavy atom. The number of methoxy groups -OCH3 is 1. The van der Waals surface area contributed by atoms with Crippen LogP contribution in [0, 0.1) is 17.3 Å². The zero-order valence-corrected chi connectivity index (χ0v) is 66.7. The van der Waals surface area contributed by atoms with E-state index in [-0.39, 0.29) is 142 Å². The molecule has 4 amide bonds. The summed E-state index contributed by atoms with van der Waals surface area (Å²) in [5.74, 6) is -1.77. The van der Waals surface area contributed by atoms with Crippen LogP contribution in [0.1, 0.15) is 156 Å². The van der Waals surface area contributed by atoms with Gasteiger partial charge in [0, 0.05) is 130 Å². The SMILES string of the molecule is COCC(CCCCCOP(=O)(O)OC1CCN(C(=O)CCCCO[C@@H]2OC(CO)[C@H](O)[C@H](O)C2C)CC1)(COCCCOP(C)(=O)OC1CCN(C(=O)CCCCO[C@@H]2OC(CO)[C@H](O)[C@H](O)C2C)CC1)COCCCOP(=O)(O)OC1CCN(C(=O)CCCCO[C@@H]2OC(CO)[C@H](O)[C@H](O)C2NC(C)=O)CC1. The minimum absolute atomic E-state index is 0.0300. The minimum Gasteiger partial charge on any atom is -0.394 e. The number of aliphatic hydroxyl groups is 9. The quantitative estimate of drug-likeness (QED) is 0.0305. The number of hydrogen-bond donors (Lipinski definition) is 12. The summed E-state index contributed by atoms with van der Waals surface area (Å²) in [6, 6.07) is -1.08. The van der Waals surface area contributed by atoms with Crippen molar-refractivity contribution in [2.75, 3.05) is 146 Å². The molecule has 6 aliphatic heterocycles. The van der Waals surface area contributed by atoms with Gasteiger partial charge in [-0.2, -0.15) is 0 Å². The van der Waals surface area contributed by atoms with Gasteiger partial charge in [0.15, 0.2) is 18.9 Å². The molecule has 37 nitrogen and oxygen atoms in total. The van der Waals surface area contributed by atoms with Crippen molar-refractivity contribution in [3.8, 4) is 0 Å². The number of likely N-dealkylation sites (tertiary alicyclic amines) is 3. The van der Waals surface area contributed by atoms with E-state index in [1.165, 1.54) is 13.6 Å². The van der Waals surface area contributed by atoms with Gasteiger partial charge in [0.05, 0.1) is 90.0 Å². The Morgan fingerprint density at radius 1 is 0.450 bits per heavy atom. The van der Waals surface area contributed by atoms with E-state index in [0.717, 1.165) is 0 Å². The number of unbranched alkanes of at least 4 members (excludes halogenated alkanes) is 5. The molecule has 0 aromatic rings. The van der Waals surface area contributed by atoms with E-state index in [1.807, 2.05) is 0 Å². The summed E-state index contributed by atoms with van der Waals surface area (Å²) in [6.07, 6.45) is -6.65. The van der Waals surface area contributed by atoms with Gasteiger partial charge in [-0.15, -0.1) is 0 Å². The second-order valence-corrected chi connectivity index (χ2v) is 34.2. The van der Waals surface area contributed by atoms with Crippen LogP contribution >= 0.6 is 23.2 Å². The molecule has 636 valence electrons. The number of carbonyl (C=O) groups is 4. The third-order valence-corrected chi connectivity index (χ3v) is 23.9. The van der Waals surface area contributed by atoms with Crippen LogP contribution in [-0.2, 0) is 103 Å². The van der Waals surface area contributed by atoms with Crippen molar-refractivity contribution in [3.63, 3.8) is 0 Å². The summed E-state index contributed by atoms with van der Waals surface area (Å²) in [4.78, 5) is 77.4. The van der Waals surface area contributed by atoms with Crippen LogP contribution in [0.2, 0.25) is 0 Å². The van der Waals surface area contributed by atoms with Gasteiger partial charge in [0.25, 0.3) is 0 Å². The first-order chi connectivity index (χ1) is 51.9.